The maximum atomic E-state index is 11.0. The zero-order valence-electron chi connectivity index (χ0n) is 15.7. The Morgan fingerprint density at radius 2 is 1.96 bits per heavy atom. The Balaban J connectivity index is 1.69. The van der Waals surface area contributed by atoms with Crippen LogP contribution in [0.25, 0.3) is 0 Å². The van der Waals surface area contributed by atoms with Crippen molar-refractivity contribution in [2.45, 2.75) is 26.7 Å². The molecule has 140 valence electrons. The van der Waals surface area contributed by atoms with E-state index < -0.39 is 0 Å². The molecule has 3 N–H and O–H groups in total. The molecule has 0 saturated heterocycles. The summed E-state index contributed by atoms with van der Waals surface area (Å²) >= 11 is 1.81. The van der Waals surface area contributed by atoms with Gasteiger partial charge >= 0.3 is 0 Å². The lowest BCUT2D eigenvalue weighted by molar-refractivity contribution is -0.114. The van der Waals surface area contributed by atoms with E-state index in [0.29, 0.717) is 5.92 Å². The van der Waals surface area contributed by atoms with Crippen LogP contribution in [0.1, 0.15) is 24.3 Å². The molecule has 0 fully saturated rings. The molecule has 5 nitrogen and oxygen atoms in total. The van der Waals surface area contributed by atoms with Gasteiger partial charge in [-0.05, 0) is 47.9 Å². The molecule has 0 radical (unpaired) electrons. The van der Waals surface area contributed by atoms with Gasteiger partial charge in [0.2, 0.25) is 5.91 Å². The summed E-state index contributed by atoms with van der Waals surface area (Å²) in [7, 11) is 1.79. The molecule has 1 heterocycles. The summed E-state index contributed by atoms with van der Waals surface area (Å²) in [5.41, 5.74) is 2.04. The highest BCUT2D eigenvalue weighted by atomic mass is 32.1. The van der Waals surface area contributed by atoms with Gasteiger partial charge in [0.1, 0.15) is 0 Å². The SMILES string of the molecule is CN=C(NCCc1ccc(NC(C)=O)cc1)NCC(C)Cc1cccs1. The first-order valence-electron chi connectivity index (χ1n) is 8.90. The number of hydrogen-bond acceptors (Lipinski definition) is 3. The summed E-state index contributed by atoms with van der Waals surface area (Å²) in [4.78, 5) is 16.7. The number of rotatable bonds is 8. The predicted octanol–water partition coefficient (Wildman–Crippen LogP) is 3.29. The molecule has 2 aromatic rings. The van der Waals surface area contributed by atoms with Crippen molar-refractivity contribution in [2.24, 2.45) is 10.9 Å². The zero-order valence-corrected chi connectivity index (χ0v) is 16.5. The minimum Gasteiger partial charge on any atom is -0.356 e. The number of carbonyl (C=O) groups is 1. The van der Waals surface area contributed by atoms with Crippen LogP contribution in [0, 0.1) is 5.92 Å². The summed E-state index contributed by atoms with van der Waals surface area (Å²) in [5, 5.41) is 11.6. The number of nitrogens with one attached hydrogen (secondary N) is 3. The summed E-state index contributed by atoms with van der Waals surface area (Å²) in [6, 6.07) is 12.2. The van der Waals surface area contributed by atoms with Crippen LogP contribution in [0.2, 0.25) is 0 Å². The number of amides is 1. The van der Waals surface area contributed by atoms with E-state index >= 15 is 0 Å². The van der Waals surface area contributed by atoms with Crippen LogP contribution in [0.5, 0.6) is 0 Å². The van der Waals surface area contributed by atoms with Crippen molar-refractivity contribution in [1.82, 2.24) is 10.6 Å². The maximum absolute atomic E-state index is 11.0. The van der Waals surface area contributed by atoms with Crippen LogP contribution in [0.3, 0.4) is 0 Å². The van der Waals surface area contributed by atoms with Gasteiger partial charge in [0.25, 0.3) is 0 Å². The average molecular weight is 373 g/mol. The molecule has 2 rings (SSSR count). The molecular weight excluding hydrogens is 344 g/mol. The van der Waals surface area contributed by atoms with E-state index in [9.17, 15) is 4.79 Å². The molecule has 1 unspecified atom stereocenters. The molecule has 0 bridgehead atoms. The van der Waals surface area contributed by atoms with Crippen molar-refractivity contribution in [3.05, 3.63) is 52.2 Å². The zero-order chi connectivity index (χ0) is 18.8. The Kier molecular flexibility index (Phi) is 8.15. The second-order valence-corrected chi connectivity index (χ2v) is 7.43. The molecule has 1 amide bonds. The third-order valence-corrected chi connectivity index (χ3v) is 4.85. The Labute approximate surface area is 159 Å². The Hall–Kier alpha value is -2.34. The molecular formula is C20H28N4OS. The van der Waals surface area contributed by atoms with Crippen LogP contribution < -0.4 is 16.0 Å². The third kappa shape index (κ3) is 7.27. The van der Waals surface area contributed by atoms with E-state index in [1.54, 1.807) is 7.05 Å². The van der Waals surface area contributed by atoms with Gasteiger partial charge in [0.05, 0.1) is 0 Å². The molecule has 1 aromatic carbocycles. The van der Waals surface area contributed by atoms with E-state index in [2.05, 4.69) is 45.4 Å². The summed E-state index contributed by atoms with van der Waals surface area (Å²) in [6.07, 6.45) is 1.98. The topological polar surface area (TPSA) is 65.5 Å². The number of aliphatic imine (C=N–C) groups is 1. The second-order valence-electron chi connectivity index (χ2n) is 6.40. The lowest BCUT2D eigenvalue weighted by Gasteiger charge is -2.15. The maximum Gasteiger partial charge on any atom is 0.221 e. The lowest BCUT2D eigenvalue weighted by Crippen LogP contribution is -2.40. The van der Waals surface area contributed by atoms with Crippen LogP contribution >= 0.6 is 11.3 Å². The highest BCUT2D eigenvalue weighted by Gasteiger charge is 2.06. The number of hydrogen-bond donors (Lipinski definition) is 3. The molecule has 6 heteroatoms. The van der Waals surface area contributed by atoms with Gasteiger partial charge in [-0.1, -0.05) is 25.1 Å². The van der Waals surface area contributed by atoms with Gasteiger partial charge in [-0.25, -0.2) is 0 Å². The minimum atomic E-state index is -0.0532. The Morgan fingerprint density at radius 1 is 1.19 bits per heavy atom. The normalized spacial score (nSPS) is 12.5. The molecule has 0 aliphatic heterocycles. The third-order valence-electron chi connectivity index (χ3n) is 3.95. The van der Waals surface area contributed by atoms with Crippen molar-refractivity contribution in [3.8, 4) is 0 Å². The Bertz CT molecular complexity index is 695. The van der Waals surface area contributed by atoms with E-state index in [-0.39, 0.29) is 5.91 Å². The van der Waals surface area contributed by atoms with Gasteiger partial charge < -0.3 is 16.0 Å². The first-order chi connectivity index (χ1) is 12.6. The predicted molar refractivity (Wildman–Crippen MR) is 111 cm³/mol. The van der Waals surface area contributed by atoms with Gasteiger partial charge in [-0.2, -0.15) is 0 Å². The number of thiophene rings is 1. The molecule has 0 spiro atoms. The first kappa shape index (κ1) is 20.0. The number of benzene rings is 1. The van der Waals surface area contributed by atoms with Crippen LogP contribution in [0.4, 0.5) is 5.69 Å². The number of carbonyl (C=O) groups excluding carboxylic acids is 1. The molecule has 0 aliphatic carbocycles. The van der Waals surface area contributed by atoms with Crippen molar-refractivity contribution >= 4 is 28.9 Å². The molecule has 0 aliphatic rings. The standard InChI is InChI=1S/C20H28N4OS/c1-15(13-19-5-4-12-26-19)14-23-20(21-3)22-11-10-17-6-8-18(9-7-17)24-16(2)25/h4-9,12,15H,10-11,13-14H2,1-3H3,(H,24,25)(H2,21,22,23). The highest BCUT2D eigenvalue weighted by molar-refractivity contribution is 7.09. The van der Waals surface area contributed by atoms with Gasteiger partial charge in [-0.3, -0.25) is 9.79 Å². The molecule has 1 aromatic heterocycles. The monoisotopic (exact) mass is 372 g/mol. The largest absolute Gasteiger partial charge is 0.356 e. The van der Waals surface area contributed by atoms with Crippen LogP contribution in [-0.4, -0.2) is 32.0 Å². The molecule has 0 saturated carbocycles. The van der Waals surface area contributed by atoms with E-state index in [4.69, 9.17) is 0 Å². The average Bonchev–Trinajstić information content (AvgIpc) is 3.11. The summed E-state index contributed by atoms with van der Waals surface area (Å²) in [6.45, 7) is 5.45. The Morgan fingerprint density at radius 3 is 2.58 bits per heavy atom. The van der Waals surface area contributed by atoms with Gasteiger partial charge in [-0.15, -0.1) is 11.3 Å². The molecule has 1 atom stereocenters. The summed E-state index contributed by atoms with van der Waals surface area (Å²) < 4.78 is 0. The van der Waals surface area contributed by atoms with Gasteiger partial charge in [0.15, 0.2) is 5.96 Å². The van der Waals surface area contributed by atoms with Crippen LogP contribution in [-0.2, 0) is 17.6 Å². The first-order valence-corrected chi connectivity index (χ1v) is 9.78. The van der Waals surface area contributed by atoms with Crippen molar-refractivity contribution in [2.75, 3.05) is 25.5 Å². The van der Waals surface area contributed by atoms with Crippen molar-refractivity contribution in [1.29, 1.82) is 0 Å². The smallest absolute Gasteiger partial charge is 0.221 e. The van der Waals surface area contributed by atoms with E-state index in [1.165, 1.54) is 17.4 Å². The fourth-order valence-corrected chi connectivity index (χ4v) is 3.49. The van der Waals surface area contributed by atoms with Crippen molar-refractivity contribution < 1.29 is 4.79 Å². The van der Waals surface area contributed by atoms with Gasteiger partial charge in [0, 0.05) is 37.6 Å². The minimum absolute atomic E-state index is 0.0532. The highest BCUT2D eigenvalue weighted by Crippen LogP contribution is 2.13. The number of anilines is 1. The van der Waals surface area contributed by atoms with E-state index in [1.807, 2.05) is 35.6 Å². The van der Waals surface area contributed by atoms with Crippen LogP contribution in [0.15, 0.2) is 46.8 Å². The van der Waals surface area contributed by atoms with E-state index in [0.717, 1.165) is 37.6 Å². The molecule has 26 heavy (non-hydrogen) atoms. The van der Waals surface area contributed by atoms with Crippen molar-refractivity contribution in [3.63, 3.8) is 0 Å². The quantitative estimate of drug-likeness (QED) is 0.492. The number of nitrogens with zero attached hydrogens (tertiary/aromatic N) is 1. The second kappa shape index (κ2) is 10.6. The lowest BCUT2D eigenvalue weighted by atomic mass is 10.1. The fourth-order valence-electron chi connectivity index (χ4n) is 2.62. The number of guanidine groups is 1. The fraction of sp³-hybridized carbons (Fsp3) is 0.400. The summed E-state index contributed by atoms with van der Waals surface area (Å²) in [5.74, 6) is 1.33.